The minimum Gasteiger partial charge on any atom is -0.382 e. The van der Waals surface area contributed by atoms with Crippen LogP contribution < -0.4 is 0 Å². The fourth-order valence-corrected chi connectivity index (χ4v) is 9.40. The highest BCUT2D eigenvalue weighted by molar-refractivity contribution is 5.25. The predicted octanol–water partition coefficient (Wildman–Crippen LogP) is 9.07. The molecule has 0 saturated heterocycles. The van der Waals surface area contributed by atoms with Gasteiger partial charge in [-0.25, -0.2) is 0 Å². The highest BCUT2D eigenvalue weighted by Crippen LogP contribution is 2.67. The molecule has 0 aromatic rings. The molecule has 0 aromatic carbocycles. The van der Waals surface area contributed by atoms with Gasteiger partial charge < -0.3 is 4.74 Å². The van der Waals surface area contributed by atoms with E-state index >= 15 is 0 Å². The maximum atomic E-state index is 5.69. The van der Waals surface area contributed by atoms with E-state index in [0.29, 0.717) is 10.8 Å². The van der Waals surface area contributed by atoms with Crippen LogP contribution in [0, 0.1) is 52.3 Å². The number of allylic oxidation sites excluding steroid dienone is 2. The molecule has 4 aliphatic carbocycles. The minimum atomic E-state index is 0.507. The highest BCUT2D eigenvalue weighted by atomic mass is 16.5. The van der Waals surface area contributed by atoms with E-state index in [1.54, 1.807) is 0 Å². The first kappa shape index (κ1) is 24.8. The fourth-order valence-electron chi connectivity index (χ4n) is 9.40. The van der Waals surface area contributed by atoms with Crippen molar-refractivity contribution >= 4 is 0 Å². The summed E-state index contributed by atoms with van der Waals surface area (Å²) in [5, 5.41) is 0. The summed E-state index contributed by atoms with van der Waals surface area (Å²) < 4.78 is 5.69. The molecule has 0 amide bonds. The lowest BCUT2D eigenvalue weighted by Gasteiger charge is -2.58. The molecule has 0 aromatic heterocycles. The van der Waals surface area contributed by atoms with Gasteiger partial charge in [0.25, 0.3) is 0 Å². The summed E-state index contributed by atoms with van der Waals surface area (Å²) in [4.78, 5) is 0. The van der Waals surface area contributed by atoms with Crippen LogP contribution in [0.5, 0.6) is 0 Å². The Labute approximate surface area is 200 Å². The number of hydrogen-bond donors (Lipinski definition) is 0. The summed E-state index contributed by atoms with van der Waals surface area (Å²) >= 11 is 0. The Hall–Kier alpha value is -0.300. The molecule has 0 radical (unpaired) electrons. The average molecular weight is 443 g/mol. The van der Waals surface area contributed by atoms with Crippen molar-refractivity contribution < 1.29 is 4.74 Å². The maximum Gasteiger partial charge on any atom is 0.0468 e. The molecule has 0 N–H and O–H groups in total. The van der Waals surface area contributed by atoms with E-state index in [2.05, 4.69) is 47.6 Å². The monoisotopic (exact) mass is 442 g/mol. The van der Waals surface area contributed by atoms with Gasteiger partial charge in [0.1, 0.15) is 0 Å². The smallest absolute Gasteiger partial charge is 0.0468 e. The lowest BCUT2D eigenvalue weighted by molar-refractivity contribution is -0.0534. The van der Waals surface area contributed by atoms with Gasteiger partial charge >= 0.3 is 0 Å². The molecule has 0 spiro atoms. The third kappa shape index (κ3) is 4.63. The second-order valence-electron chi connectivity index (χ2n) is 13.4. The number of ether oxygens (including phenoxy) is 1. The topological polar surface area (TPSA) is 9.23 Å². The van der Waals surface area contributed by atoms with Crippen molar-refractivity contribution in [1.82, 2.24) is 0 Å². The van der Waals surface area contributed by atoms with Gasteiger partial charge in [0.2, 0.25) is 0 Å². The van der Waals surface area contributed by atoms with E-state index in [-0.39, 0.29) is 0 Å². The zero-order valence-electron chi connectivity index (χ0n) is 22.4. The van der Waals surface area contributed by atoms with Gasteiger partial charge in [-0.1, -0.05) is 65.5 Å². The first-order chi connectivity index (χ1) is 15.3. The van der Waals surface area contributed by atoms with Crippen molar-refractivity contribution in [3.05, 3.63) is 11.6 Å². The van der Waals surface area contributed by atoms with Gasteiger partial charge in [-0.3, -0.25) is 0 Å². The van der Waals surface area contributed by atoms with Gasteiger partial charge in [-0.15, -0.1) is 0 Å². The molecule has 0 bridgehead atoms. The number of rotatable bonds is 9. The summed E-state index contributed by atoms with van der Waals surface area (Å²) in [6.07, 6.45) is 20.0. The predicted molar refractivity (Wildman–Crippen MR) is 138 cm³/mol. The van der Waals surface area contributed by atoms with E-state index < -0.39 is 0 Å². The SMILES string of the molecule is CCOCCC1CC[C@@]2(C)C(=CC[C@H]3[C@@H]4CC[C@H]([C@H](C)CCCC(C)C)[C@@]4(C)CC[C@@H]32)C1. The molecule has 0 heterocycles. The molecular weight excluding hydrogens is 388 g/mol. The van der Waals surface area contributed by atoms with Crippen molar-refractivity contribution in [2.24, 2.45) is 52.3 Å². The zero-order valence-corrected chi connectivity index (χ0v) is 22.4. The summed E-state index contributed by atoms with van der Waals surface area (Å²) in [6, 6.07) is 0. The Bertz CT molecular complexity index is 649. The lowest BCUT2D eigenvalue weighted by atomic mass is 9.46. The molecular formula is C31H54O. The molecule has 8 atom stereocenters. The fraction of sp³-hybridized carbons (Fsp3) is 0.935. The summed E-state index contributed by atoms with van der Waals surface area (Å²) in [6.45, 7) is 16.7. The molecule has 32 heavy (non-hydrogen) atoms. The Kier molecular flexibility index (Phi) is 7.86. The first-order valence-corrected chi connectivity index (χ1v) is 14.6. The molecule has 184 valence electrons. The Morgan fingerprint density at radius 1 is 1.00 bits per heavy atom. The first-order valence-electron chi connectivity index (χ1n) is 14.6. The van der Waals surface area contributed by atoms with Gasteiger partial charge in [0, 0.05) is 13.2 Å². The van der Waals surface area contributed by atoms with Gasteiger partial charge in [0.05, 0.1) is 0 Å². The number of hydrogen-bond acceptors (Lipinski definition) is 1. The summed E-state index contributed by atoms with van der Waals surface area (Å²) in [5.74, 6) is 6.55. The Morgan fingerprint density at radius 2 is 1.81 bits per heavy atom. The molecule has 0 aliphatic heterocycles. The molecule has 3 saturated carbocycles. The Balaban J connectivity index is 1.42. The molecule has 4 rings (SSSR count). The third-order valence-corrected chi connectivity index (χ3v) is 11.3. The molecule has 1 unspecified atom stereocenters. The highest BCUT2D eigenvalue weighted by Gasteiger charge is 2.59. The second kappa shape index (κ2) is 10.1. The Morgan fingerprint density at radius 3 is 2.56 bits per heavy atom. The quantitative estimate of drug-likeness (QED) is 0.255. The van der Waals surface area contributed by atoms with Crippen LogP contribution in [0.4, 0.5) is 0 Å². The van der Waals surface area contributed by atoms with Crippen LogP contribution in [0.2, 0.25) is 0 Å². The normalized spacial score (nSPS) is 42.2. The van der Waals surface area contributed by atoms with Crippen molar-refractivity contribution in [1.29, 1.82) is 0 Å². The van der Waals surface area contributed by atoms with Crippen molar-refractivity contribution in [3.8, 4) is 0 Å². The van der Waals surface area contributed by atoms with Crippen molar-refractivity contribution in [3.63, 3.8) is 0 Å². The average Bonchev–Trinajstić information content (AvgIpc) is 3.11. The minimum absolute atomic E-state index is 0.507. The van der Waals surface area contributed by atoms with Crippen LogP contribution in [0.1, 0.15) is 119 Å². The largest absolute Gasteiger partial charge is 0.382 e. The van der Waals surface area contributed by atoms with E-state index in [1.165, 1.54) is 77.0 Å². The zero-order chi connectivity index (χ0) is 22.9. The van der Waals surface area contributed by atoms with Crippen LogP contribution in [0.25, 0.3) is 0 Å². The summed E-state index contributed by atoms with van der Waals surface area (Å²) in [5.41, 5.74) is 2.98. The van der Waals surface area contributed by atoms with Gasteiger partial charge in [-0.2, -0.15) is 0 Å². The van der Waals surface area contributed by atoms with Crippen LogP contribution in [0.3, 0.4) is 0 Å². The summed E-state index contributed by atoms with van der Waals surface area (Å²) in [7, 11) is 0. The van der Waals surface area contributed by atoms with Gasteiger partial charge in [-0.05, 0) is 117 Å². The second-order valence-corrected chi connectivity index (χ2v) is 13.4. The van der Waals surface area contributed by atoms with Crippen LogP contribution in [0.15, 0.2) is 11.6 Å². The molecule has 3 fully saturated rings. The molecule has 4 aliphatic rings. The van der Waals surface area contributed by atoms with Crippen molar-refractivity contribution in [2.45, 2.75) is 119 Å². The number of fused-ring (bicyclic) bond motifs is 5. The molecule has 1 nitrogen and oxygen atoms in total. The van der Waals surface area contributed by atoms with E-state index in [0.717, 1.165) is 54.6 Å². The van der Waals surface area contributed by atoms with E-state index in [9.17, 15) is 0 Å². The van der Waals surface area contributed by atoms with Crippen LogP contribution in [-0.2, 0) is 4.74 Å². The van der Waals surface area contributed by atoms with E-state index in [4.69, 9.17) is 4.74 Å². The van der Waals surface area contributed by atoms with Crippen LogP contribution in [-0.4, -0.2) is 13.2 Å². The molecule has 1 heteroatoms. The third-order valence-electron chi connectivity index (χ3n) is 11.3. The standard InChI is InChI=1S/C31H54O/c1-7-32-20-17-24-15-18-30(5)25(21-24)11-12-26-28-14-13-27(23(4)10-8-9-22(2)3)31(28,6)19-16-29(26)30/h11,22-24,26-29H,7-10,12-21H2,1-6H3/t23-,24?,26+,27-,28+,29+,30+,31-/m1/s1. The van der Waals surface area contributed by atoms with Crippen molar-refractivity contribution in [2.75, 3.05) is 13.2 Å². The lowest BCUT2D eigenvalue weighted by Crippen LogP contribution is -2.50. The van der Waals surface area contributed by atoms with Gasteiger partial charge in [0.15, 0.2) is 0 Å². The van der Waals surface area contributed by atoms with E-state index in [1.807, 2.05) is 5.57 Å². The van der Waals surface area contributed by atoms with Crippen LogP contribution >= 0.6 is 0 Å². The maximum absolute atomic E-state index is 5.69.